The van der Waals surface area contributed by atoms with Crippen molar-refractivity contribution in [1.82, 2.24) is 10.2 Å². The lowest BCUT2D eigenvalue weighted by Gasteiger charge is -2.40. The maximum atomic E-state index is 5.65. The number of nitrogens with zero attached hydrogens (tertiary/aromatic N) is 1. The Labute approximate surface area is 119 Å². The van der Waals surface area contributed by atoms with E-state index >= 15 is 0 Å². The van der Waals surface area contributed by atoms with Crippen LogP contribution < -0.4 is 5.32 Å². The normalized spacial score (nSPS) is 37.4. The Morgan fingerprint density at radius 3 is 2.84 bits per heavy atom. The summed E-state index contributed by atoms with van der Waals surface area (Å²) in [7, 11) is 2.14. The van der Waals surface area contributed by atoms with E-state index < -0.39 is 0 Å². The summed E-state index contributed by atoms with van der Waals surface area (Å²) < 4.78 is 5.65. The maximum Gasteiger partial charge on any atom is 0.0674 e. The minimum absolute atomic E-state index is 0.414. The topological polar surface area (TPSA) is 24.5 Å². The molecule has 0 amide bonds. The first kappa shape index (κ1) is 15.3. The SMILES string of the molecule is CCCC1CCC(NC)C(CN2CCOC(C)C2)C1. The molecule has 2 fully saturated rings. The molecule has 0 spiro atoms. The average molecular weight is 268 g/mol. The highest BCUT2D eigenvalue weighted by molar-refractivity contribution is 4.86. The molecule has 3 heteroatoms. The van der Waals surface area contributed by atoms with Crippen molar-refractivity contribution < 1.29 is 4.74 Å². The summed E-state index contributed by atoms with van der Waals surface area (Å²) in [4.78, 5) is 2.62. The van der Waals surface area contributed by atoms with E-state index in [9.17, 15) is 0 Å². The van der Waals surface area contributed by atoms with Crippen LogP contribution in [0.1, 0.15) is 46.0 Å². The Kier molecular flexibility index (Phi) is 6.11. The van der Waals surface area contributed by atoms with Crippen LogP contribution in [0.5, 0.6) is 0 Å². The monoisotopic (exact) mass is 268 g/mol. The highest BCUT2D eigenvalue weighted by Crippen LogP contribution is 2.32. The minimum atomic E-state index is 0.414. The highest BCUT2D eigenvalue weighted by Gasteiger charge is 2.31. The fourth-order valence-electron chi connectivity index (χ4n) is 4.00. The van der Waals surface area contributed by atoms with Crippen LogP contribution in [-0.4, -0.2) is 50.3 Å². The minimum Gasteiger partial charge on any atom is -0.376 e. The second-order valence-corrected chi connectivity index (χ2v) is 6.56. The zero-order valence-corrected chi connectivity index (χ0v) is 13.0. The van der Waals surface area contributed by atoms with Gasteiger partial charge in [-0.25, -0.2) is 0 Å². The predicted molar refractivity (Wildman–Crippen MR) is 80.4 cm³/mol. The van der Waals surface area contributed by atoms with Gasteiger partial charge in [0.25, 0.3) is 0 Å². The number of nitrogens with one attached hydrogen (secondary N) is 1. The summed E-state index contributed by atoms with van der Waals surface area (Å²) >= 11 is 0. The molecule has 3 nitrogen and oxygen atoms in total. The summed E-state index contributed by atoms with van der Waals surface area (Å²) in [6.07, 6.45) is 7.39. The molecular formula is C16H32N2O. The molecule has 4 unspecified atom stereocenters. The molecule has 0 bridgehead atoms. The molecule has 1 saturated carbocycles. The molecular weight excluding hydrogens is 236 g/mol. The van der Waals surface area contributed by atoms with Crippen molar-refractivity contribution >= 4 is 0 Å². The van der Waals surface area contributed by atoms with E-state index in [0.29, 0.717) is 6.10 Å². The molecule has 0 radical (unpaired) electrons. The lowest BCUT2D eigenvalue weighted by Crippen LogP contribution is -2.49. The van der Waals surface area contributed by atoms with Crippen LogP contribution in [-0.2, 0) is 4.74 Å². The van der Waals surface area contributed by atoms with E-state index in [2.05, 4.69) is 31.1 Å². The van der Waals surface area contributed by atoms with E-state index in [0.717, 1.165) is 37.6 Å². The van der Waals surface area contributed by atoms with Gasteiger partial charge in [-0.05, 0) is 45.1 Å². The van der Waals surface area contributed by atoms with Crippen molar-refractivity contribution in [1.29, 1.82) is 0 Å². The molecule has 2 rings (SSSR count). The number of hydrogen-bond acceptors (Lipinski definition) is 3. The molecule has 1 aliphatic carbocycles. The van der Waals surface area contributed by atoms with Crippen molar-refractivity contribution in [3.05, 3.63) is 0 Å². The standard InChI is InChI=1S/C16H32N2O/c1-4-5-14-6-7-16(17-3)15(10-14)12-18-8-9-19-13(2)11-18/h13-17H,4-12H2,1-3H3. The number of ether oxygens (including phenoxy) is 1. The first-order valence-corrected chi connectivity index (χ1v) is 8.24. The lowest BCUT2D eigenvalue weighted by molar-refractivity contribution is -0.0279. The third kappa shape index (κ3) is 4.44. The third-order valence-corrected chi connectivity index (χ3v) is 4.98. The molecule has 2 aliphatic rings. The van der Waals surface area contributed by atoms with Crippen LogP contribution in [0.3, 0.4) is 0 Å². The van der Waals surface area contributed by atoms with Gasteiger partial charge in [0.15, 0.2) is 0 Å². The Bertz CT molecular complexity index is 259. The Hall–Kier alpha value is -0.120. The summed E-state index contributed by atoms with van der Waals surface area (Å²) in [6.45, 7) is 8.93. The molecule has 1 saturated heterocycles. The summed E-state index contributed by atoms with van der Waals surface area (Å²) in [6, 6.07) is 0.728. The van der Waals surface area contributed by atoms with Crippen LogP contribution >= 0.6 is 0 Å². The van der Waals surface area contributed by atoms with Crippen LogP contribution in [0.25, 0.3) is 0 Å². The lowest BCUT2D eigenvalue weighted by atomic mass is 9.76. The van der Waals surface area contributed by atoms with Crippen LogP contribution in [0.2, 0.25) is 0 Å². The Morgan fingerprint density at radius 1 is 1.32 bits per heavy atom. The summed E-state index contributed by atoms with van der Waals surface area (Å²) in [5.41, 5.74) is 0. The Morgan fingerprint density at radius 2 is 2.16 bits per heavy atom. The largest absolute Gasteiger partial charge is 0.376 e. The third-order valence-electron chi connectivity index (χ3n) is 4.98. The Balaban J connectivity index is 1.86. The second kappa shape index (κ2) is 7.61. The van der Waals surface area contributed by atoms with E-state index in [-0.39, 0.29) is 0 Å². The second-order valence-electron chi connectivity index (χ2n) is 6.56. The van der Waals surface area contributed by atoms with Crippen molar-refractivity contribution in [3.8, 4) is 0 Å². The van der Waals surface area contributed by atoms with Crippen molar-refractivity contribution in [3.63, 3.8) is 0 Å². The zero-order valence-electron chi connectivity index (χ0n) is 13.0. The molecule has 0 aromatic heterocycles. The summed E-state index contributed by atoms with van der Waals surface area (Å²) in [5.74, 6) is 1.80. The molecule has 112 valence electrons. The van der Waals surface area contributed by atoms with Gasteiger partial charge in [-0.3, -0.25) is 4.90 Å². The molecule has 19 heavy (non-hydrogen) atoms. The van der Waals surface area contributed by atoms with Gasteiger partial charge in [0.1, 0.15) is 0 Å². The number of hydrogen-bond donors (Lipinski definition) is 1. The van der Waals surface area contributed by atoms with Crippen LogP contribution in [0, 0.1) is 11.8 Å². The van der Waals surface area contributed by atoms with Gasteiger partial charge in [-0.1, -0.05) is 19.8 Å². The first-order chi connectivity index (χ1) is 9.22. The highest BCUT2D eigenvalue weighted by atomic mass is 16.5. The zero-order chi connectivity index (χ0) is 13.7. The van der Waals surface area contributed by atoms with Gasteiger partial charge in [0.05, 0.1) is 12.7 Å². The van der Waals surface area contributed by atoms with Crippen LogP contribution in [0.4, 0.5) is 0 Å². The maximum absolute atomic E-state index is 5.65. The van der Waals surface area contributed by atoms with Gasteiger partial charge in [0.2, 0.25) is 0 Å². The van der Waals surface area contributed by atoms with Crippen molar-refractivity contribution in [2.24, 2.45) is 11.8 Å². The molecule has 1 aliphatic heterocycles. The summed E-state index contributed by atoms with van der Waals surface area (Å²) in [5, 5.41) is 3.56. The fraction of sp³-hybridized carbons (Fsp3) is 1.00. The molecule has 0 aromatic rings. The van der Waals surface area contributed by atoms with E-state index in [4.69, 9.17) is 4.74 Å². The molecule has 0 aromatic carbocycles. The van der Waals surface area contributed by atoms with E-state index in [1.54, 1.807) is 0 Å². The number of morpholine rings is 1. The first-order valence-electron chi connectivity index (χ1n) is 8.24. The number of rotatable bonds is 5. The van der Waals surface area contributed by atoms with E-state index in [1.807, 2.05) is 0 Å². The van der Waals surface area contributed by atoms with Gasteiger partial charge >= 0.3 is 0 Å². The van der Waals surface area contributed by atoms with Gasteiger partial charge in [-0.2, -0.15) is 0 Å². The van der Waals surface area contributed by atoms with Gasteiger partial charge in [0, 0.05) is 25.7 Å². The molecule has 1 N–H and O–H groups in total. The van der Waals surface area contributed by atoms with Gasteiger partial charge < -0.3 is 10.1 Å². The van der Waals surface area contributed by atoms with Crippen LogP contribution in [0.15, 0.2) is 0 Å². The van der Waals surface area contributed by atoms with Crippen molar-refractivity contribution in [2.45, 2.75) is 58.1 Å². The van der Waals surface area contributed by atoms with Gasteiger partial charge in [-0.15, -0.1) is 0 Å². The smallest absolute Gasteiger partial charge is 0.0674 e. The molecule has 4 atom stereocenters. The predicted octanol–water partition coefficient (Wildman–Crippen LogP) is 2.51. The van der Waals surface area contributed by atoms with Crippen molar-refractivity contribution in [2.75, 3.05) is 33.3 Å². The molecule has 1 heterocycles. The fourth-order valence-corrected chi connectivity index (χ4v) is 4.00. The average Bonchev–Trinajstić information content (AvgIpc) is 2.39. The van der Waals surface area contributed by atoms with E-state index in [1.165, 1.54) is 38.6 Å². The quantitative estimate of drug-likeness (QED) is 0.829.